The van der Waals surface area contributed by atoms with E-state index in [-0.39, 0.29) is 0 Å². The first kappa shape index (κ1) is 32.3. The van der Waals surface area contributed by atoms with Crippen molar-refractivity contribution in [3.63, 3.8) is 0 Å². The summed E-state index contributed by atoms with van der Waals surface area (Å²) in [6.45, 7) is 0. The molecule has 0 aliphatic rings. The van der Waals surface area contributed by atoms with Crippen LogP contribution in [-0.4, -0.2) is 14.5 Å². The summed E-state index contributed by atoms with van der Waals surface area (Å²) < 4.78 is 7.56. The molecule has 4 aromatic heterocycles. The second-order valence-corrected chi connectivity index (χ2v) is 16.7. The molecule has 0 aliphatic carbocycles. The van der Waals surface area contributed by atoms with Crippen LogP contribution in [0, 0.1) is 0 Å². The zero-order valence-electron chi connectivity index (χ0n) is 30.6. The van der Waals surface area contributed by atoms with Gasteiger partial charge in [0.2, 0.25) is 0 Å². The monoisotopic (exact) mass is 761 g/mol. The highest BCUT2D eigenvalue weighted by molar-refractivity contribution is 7.27. The average molecular weight is 762 g/mol. The van der Waals surface area contributed by atoms with Crippen LogP contribution in [0.4, 0.5) is 0 Å². The van der Waals surface area contributed by atoms with Gasteiger partial charge in [0.25, 0.3) is 0 Å². The van der Waals surface area contributed by atoms with Crippen LogP contribution in [-0.2, 0) is 0 Å². The maximum absolute atomic E-state index is 5.41. The fourth-order valence-electron chi connectivity index (χ4n) is 8.63. The zero-order chi connectivity index (χ0) is 37.5. The maximum Gasteiger partial charge on any atom is 0.161 e. The number of rotatable bonds is 5. The lowest BCUT2D eigenvalue weighted by molar-refractivity contribution is 1.17. The Labute approximate surface area is 336 Å². The molecule has 3 nitrogen and oxygen atoms in total. The van der Waals surface area contributed by atoms with Gasteiger partial charge in [0.15, 0.2) is 5.82 Å². The summed E-state index contributed by atoms with van der Waals surface area (Å²) in [6, 6.07) is 67.6. The summed E-state index contributed by atoms with van der Waals surface area (Å²) in [4.78, 5) is 10.8. The molecule has 0 saturated heterocycles. The molecule has 12 aromatic rings. The SMILES string of the molecule is c1ccc(-c2cccc(-c3cc(-c4cccc(-n5c6ccccc6c6c7sc8ccccc8c7ccc65)c4)nc(-c4cccc5sc6ccccc6c45)n3)c2)cc1. The topological polar surface area (TPSA) is 30.7 Å². The van der Waals surface area contributed by atoms with Crippen molar-refractivity contribution in [2.24, 2.45) is 0 Å². The van der Waals surface area contributed by atoms with Crippen molar-refractivity contribution in [3.05, 3.63) is 188 Å². The Morgan fingerprint density at radius 2 is 1.00 bits per heavy atom. The van der Waals surface area contributed by atoms with E-state index in [0.717, 1.165) is 45.2 Å². The number of hydrogen-bond acceptors (Lipinski definition) is 4. The largest absolute Gasteiger partial charge is 0.309 e. The van der Waals surface area contributed by atoms with Gasteiger partial charge in [-0.15, -0.1) is 22.7 Å². The van der Waals surface area contributed by atoms with E-state index in [2.05, 4.69) is 193 Å². The van der Waals surface area contributed by atoms with Crippen molar-refractivity contribution < 1.29 is 0 Å². The summed E-state index contributed by atoms with van der Waals surface area (Å²) in [5.41, 5.74) is 10.7. The summed E-state index contributed by atoms with van der Waals surface area (Å²) >= 11 is 3.70. The Kier molecular flexibility index (Phi) is 7.27. The molecular weight excluding hydrogens is 731 g/mol. The molecule has 57 heavy (non-hydrogen) atoms. The maximum atomic E-state index is 5.41. The summed E-state index contributed by atoms with van der Waals surface area (Å²) in [7, 11) is 0. The molecule has 0 spiro atoms. The first-order valence-electron chi connectivity index (χ1n) is 19.1. The van der Waals surface area contributed by atoms with E-state index >= 15 is 0 Å². The Morgan fingerprint density at radius 1 is 0.368 bits per heavy atom. The summed E-state index contributed by atoms with van der Waals surface area (Å²) in [5, 5.41) is 7.62. The molecule has 0 N–H and O–H groups in total. The quantitative estimate of drug-likeness (QED) is 0.175. The summed E-state index contributed by atoms with van der Waals surface area (Å²) in [5.74, 6) is 0.719. The van der Waals surface area contributed by atoms with Gasteiger partial charge in [0.05, 0.1) is 22.4 Å². The normalized spacial score (nSPS) is 11.9. The lowest BCUT2D eigenvalue weighted by atomic mass is 10.00. The lowest BCUT2D eigenvalue weighted by Gasteiger charge is -2.13. The highest BCUT2D eigenvalue weighted by atomic mass is 32.1. The van der Waals surface area contributed by atoms with Gasteiger partial charge >= 0.3 is 0 Å². The number of para-hydroxylation sites is 1. The van der Waals surface area contributed by atoms with E-state index in [1.807, 2.05) is 22.7 Å². The Balaban J connectivity index is 1.08. The van der Waals surface area contributed by atoms with Gasteiger partial charge < -0.3 is 4.57 Å². The van der Waals surface area contributed by atoms with Crippen molar-refractivity contribution in [2.45, 2.75) is 0 Å². The van der Waals surface area contributed by atoms with Crippen LogP contribution in [0.5, 0.6) is 0 Å². The number of hydrogen-bond donors (Lipinski definition) is 0. The molecule has 0 unspecified atom stereocenters. The third kappa shape index (κ3) is 5.17. The van der Waals surface area contributed by atoms with Crippen LogP contribution in [0.15, 0.2) is 188 Å². The zero-order valence-corrected chi connectivity index (χ0v) is 32.2. The second-order valence-electron chi connectivity index (χ2n) is 14.5. The number of nitrogens with zero attached hydrogens (tertiary/aromatic N) is 3. The van der Waals surface area contributed by atoms with E-state index < -0.39 is 0 Å². The molecule has 4 heterocycles. The van der Waals surface area contributed by atoms with Gasteiger partial charge in [-0.05, 0) is 65.7 Å². The van der Waals surface area contributed by atoms with Crippen LogP contribution in [0.25, 0.3) is 113 Å². The second kappa shape index (κ2) is 12.8. The minimum atomic E-state index is 0.719. The minimum Gasteiger partial charge on any atom is -0.309 e. The predicted octanol–water partition coefficient (Wildman–Crippen LogP) is 15.0. The fourth-order valence-corrected chi connectivity index (χ4v) is 11.0. The van der Waals surface area contributed by atoms with Gasteiger partial charge in [-0.1, -0.05) is 133 Å². The third-order valence-electron chi connectivity index (χ3n) is 11.2. The molecule has 0 atom stereocenters. The Hall–Kier alpha value is -6.92. The van der Waals surface area contributed by atoms with Crippen LogP contribution in [0.3, 0.4) is 0 Å². The minimum absolute atomic E-state index is 0.719. The molecule has 0 fully saturated rings. The molecule has 8 aromatic carbocycles. The first-order chi connectivity index (χ1) is 28.2. The lowest BCUT2D eigenvalue weighted by Crippen LogP contribution is -1.98. The molecular formula is C52H31N3S2. The Morgan fingerprint density at radius 3 is 1.84 bits per heavy atom. The molecule has 12 rings (SSSR count). The number of thiophene rings is 2. The average Bonchev–Trinajstić information content (AvgIpc) is 3.96. The van der Waals surface area contributed by atoms with Crippen LogP contribution in [0.2, 0.25) is 0 Å². The van der Waals surface area contributed by atoms with Crippen LogP contribution < -0.4 is 0 Å². The van der Waals surface area contributed by atoms with Gasteiger partial charge in [0.1, 0.15) is 0 Å². The summed E-state index contributed by atoms with van der Waals surface area (Å²) in [6.07, 6.45) is 0. The fraction of sp³-hybridized carbons (Fsp3) is 0. The van der Waals surface area contributed by atoms with Crippen molar-refractivity contribution in [3.8, 4) is 50.7 Å². The van der Waals surface area contributed by atoms with Crippen LogP contribution in [0.1, 0.15) is 0 Å². The van der Waals surface area contributed by atoms with Gasteiger partial charge in [0, 0.05) is 73.5 Å². The molecule has 0 saturated carbocycles. The number of aromatic nitrogens is 3. The van der Waals surface area contributed by atoms with Crippen molar-refractivity contribution in [1.29, 1.82) is 0 Å². The first-order valence-corrected chi connectivity index (χ1v) is 20.8. The van der Waals surface area contributed by atoms with E-state index in [1.54, 1.807) is 0 Å². The molecule has 0 aliphatic heterocycles. The van der Waals surface area contributed by atoms with Gasteiger partial charge in [-0.3, -0.25) is 0 Å². The van der Waals surface area contributed by atoms with Crippen molar-refractivity contribution >= 4 is 84.8 Å². The van der Waals surface area contributed by atoms with E-state index in [1.165, 1.54) is 67.7 Å². The highest BCUT2D eigenvalue weighted by Crippen LogP contribution is 2.44. The number of fused-ring (bicyclic) bond motifs is 10. The van der Waals surface area contributed by atoms with E-state index in [9.17, 15) is 0 Å². The molecule has 0 radical (unpaired) electrons. The standard InChI is InChI=1S/C52H31N3S2/c1-2-13-32(14-3-1)33-15-10-16-34(29-33)42-31-43(54-52(53-42)41-22-12-26-48-49(41)40-21-6-9-25-47(40)56-48)35-17-11-18-36(30-35)55-44-23-7-4-20-39(44)50-45(55)28-27-38-37-19-5-8-24-46(37)57-51(38)50/h1-31H. The van der Waals surface area contributed by atoms with Crippen molar-refractivity contribution in [2.75, 3.05) is 0 Å². The third-order valence-corrected chi connectivity index (χ3v) is 13.6. The van der Waals surface area contributed by atoms with E-state index in [0.29, 0.717) is 0 Å². The molecule has 0 bridgehead atoms. The number of benzene rings is 8. The smallest absolute Gasteiger partial charge is 0.161 e. The Bertz CT molecular complexity index is 3540. The predicted molar refractivity (Wildman–Crippen MR) is 244 cm³/mol. The molecule has 5 heteroatoms. The van der Waals surface area contributed by atoms with Crippen molar-refractivity contribution in [1.82, 2.24) is 14.5 Å². The van der Waals surface area contributed by atoms with Crippen LogP contribution >= 0.6 is 22.7 Å². The van der Waals surface area contributed by atoms with E-state index in [4.69, 9.17) is 9.97 Å². The van der Waals surface area contributed by atoms with Gasteiger partial charge in [-0.2, -0.15) is 0 Å². The highest BCUT2D eigenvalue weighted by Gasteiger charge is 2.20. The van der Waals surface area contributed by atoms with Gasteiger partial charge in [-0.25, -0.2) is 9.97 Å². The molecule has 266 valence electrons. The molecule has 0 amide bonds.